The predicted octanol–water partition coefficient (Wildman–Crippen LogP) is 5.65. The first-order valence-electron chi connectivity index (χ1n) is 10.8. The number of halogens is 1. The molecule has 1 aromatic heterocycles. The number of nitrogens with zero attached hydrogens (tertiary/aromatic N) is 1. The maximum absolute atomic E-state index is 13.3. The van der Waals surface area contributed by atoms with Gasteiger partial charge in [0.15, 0.2) is 0 Å². The lowest BCUT2D eigenvalue weighted by Gasteiger charge is -2.17. The Labute approximate surface area is 188 Å². The number of H-pyrrole nitrogens is 1. The molecular weight excluding hydrogens is 391 g/mol. The molecule has 0 aliphatic rings. The summed E-state index contributed by atoms with van der Waals surface area (Å²) in [6.07, 6.45) is 7.68. The van der Waals surface area contributed by atoms with Crippen LogP contribution in [-0.2, 0) is 4.79 Å². The average molecular weight is 433 g/mol. The first-order valence-corrected chi connectivity index (χ1v) is 10.8. The second kappa shape index (κ2) is 15.3. The van der Waals surface area contributed by atoms with Crippen molar-refractivity contribution in [3.8, 4) is 11.4 Å². The normalized spacial score (nSPS) is 11.1. The number of allylic oxidation sites excluding steroid dienone is 2. The molecule has 0 spiro atoms. The number of hydrogen-bond acceptors (Lipinski definition) is 3. The van der Waals surface area contributed by atoms with Crippen molar-refractivity contribution in [3.63, 3.8) is 0 Å². The van der Waals surface area contributed by atoms with Crippen LogP contribution in [-0.4, -0.2) is 36.0 Å². The Balaban J connectivity index is 0.000000452. The molecule has 0 radical (unpaired) electrons. The molecule has 1 heterocycles. The van der Waals surface area contributed by atoms with E-state index < -0.39 is 0 Å². The van der Waals surface area contributed by atoms with Crippen molar-refractivity contribution in [1.29, 1.82) is 0 Å². The molecule has 0 saturated heterocycles. The van der Waals surface area contributed by atoms with Crippen LogP contribution < -0.4 is 10.6 Å². The number of aromatic amines is 1. The lowest BCUT2D eigenvalue weighted by molar-refractivity contribution is -0.118. The number of aromatic nitrogens is 2. The van der Waals surface area contributed by atoms with Crippen LogP contribution in [0.3, 0.4) is 0 Å². The SMILES string of the molecule is C/C=C(\C)CC(C)(C)C.CNCCCNC(C)=O.Cc1ccc(F)c(-c2ncc[nH]2)c1. The number of imidazole rings is 1. The van der Waals surface area contributed by atoms with Crippen molar-refractivity contribution in [1.82, 2.24) is 20.6 Å². The number of carbonyl (C=O) groups excluding carboxylic acids is 1. The smallest absolute Gasteiger partial charge is 0.216 e. The average Bonchev–Trinajstić information content (AvgIpc) is 3.21. The molecule has 0 aliphatic heterocycles. The van der Waals surface area contributed by atoms with Crippen LogP contribution in [0, 0.1) is 18.2 Å². The Morgan fingerprint density at radius 2 is 1.90 bits per heavy atom. The van der Waals surface area contributed by atoms with Crippen molar-refractivity contribution < 1.29 is 9.18 Å². The molecule has 5 nitrogen and oxygen atoms in total. The number of rotatable bonds is 6. The molecule has 31 heavy (non-hydrogen) atoms. The van der Waals surface area contributed by atoms with Gasteiger partial charge in [0, 0.05) is 25.9 Å². The van der Waals surface area contributed by atoms with E-state index in [4.69, 9.17) is 0 Å². The van der Waals surface area contributed by atoms with Crippen LogP contribution >= 0.6 is 0 Å². The molecule has 6 heteroatoms. The third kappa shape index (κ3) is 15.0. The highest BCUT2D eigenvalue weighted by Crippen LogP contribution is 2.23. The van der Waals surface area contributed by atoms with Gasteiger partial charge in [-0.1, -0.05) is 44.1 Å². The Morgan fingerprint density at radius 3 is 2.35 bits per heavy atom. The summed E-state index contributed by atoms with van der Waals surface area (Å²) in [4.78, 5) is 17.1. The third-order valence-electron chi connectivity index (χ3n) is 4.15. The summed E-state index contributed by atoms with van der Waals surface area (Å²) in [5.41, 5.74) is 3.48. The van der Waals surface area contributed by atoms with Crippen molar-refractivity contribution in [2.24, 2.45) is 5.41 Å². The highest BCUT2D eigenvalue weighted by Gasteiger charge is 2.09. The number of benzene rings is 1. The van der Waals surface area contributed by atoms with Crippen LogP contribution in [0.1, 0.15) is 59.9 Å². The van der Waals surface area contributed by atoms with Gasteiger partial charge in [-0.15, -0.1) is 0 Å². The van der Waals surface area contributed by atoms with Gasteiger partial charge >= 0.3 is 0 Å². The van der Waals surface area contributed by atoms with Gasteiger partial charge in [0.25, 0.3) is 0 Å². The summed E-state index contributed by atoms with van der Waals surface area (Å²) < 4.78 is 13.3. The van der Waals surface area contributed by atoms with Gasteiger partial charge < -0.3 is 15.6 Å². The highest BCUT2D eigenvalue weighted by atomic mass is 19.1. The first kappa shape index (κ1) is 28.5. The standard InChI is InChI=1S/C10H9FN2.C9H18.C6H14N2O/c1-7-2-3-9(11)8(6-7)10-12-4-5-13-10;1-6-8(2)7-9(3,4)5;1-6(9)8-5-3-4-7-2/h2-6H,1H3,(H,12,13);6H,7H2,1-5H3;7H,3-5H2,1-2H3,(H,8,9)/b;8-6+;. The largest absolute Gasteiger partial charge is 0.356 e. The molecule has 2 rings (SSSR count). The Morgan fingerprint density at radius 1 is 1.23 bits per heavy atom. The van der Waals surface area contributed by atoms with E-state index in [1.54, 1.807) is 24.5 Å². The first-order chi connectivity index (χ1) is 14.5. The Bertz CT molecular complexity index is 777. The van der Waals surface area contributed by atoms with E-state index in [-0.39, 0.29) is 11.7 Å². The summed E-state index contributed by atoms with van der Waals surface area (Å²) in [6, 6.07) is 4.96. The third-order valence-corrected chi connectivity index (χ3v) is 4.15. The number of hydrogen-bond donors (Lipinski definition) is 3. The van der Waals surface area contributed by atoms with Crippen LogP contribution in [0.5, 0.6) is 0 Å². The summed E-state index contributed by atoms with van der Waals surface area (Å²) in [5, 5.41) is 5.69. The minimum absolute atomic E-state index is 0.0473. The van der Waals surface area contributed by atoms with Crippen molar-refractivity contribution in [2.45, 2.75) is 61.3 Å². The molecule has 0 saturated carbocycles. The van der Waals surface area contributed by atoms with E-state index in [0.717, 1.165) is 25.1 Å². The molecule has 0 aliphatic carbocycles. The quantitative estimate of drug-likeness (QED) is 0.408. The molecule has 0 unspecified atom stereocenters. The van der Waals surface area contributed by atoms with Gasteiger partial charge in [-0.05, 0) is 64.8 Å². The van der Waals surface area contributed by atoms with Crippen molar-refractivity contribution in [3.05, 3.63) is 53.6 Å². The molecule has 2 aromatic rings. The Kier molecular flexibility index (Phi) is 14.1. The molecule has 3 N–H and O–H groups in total. The van der Waals surface area contributed by atoms with Crippen LogP contribution in [0.15, 0.2) is 42.2 Å². The fraction of sp³-hybridized carbons (Fsp3) is 0.520. The molecule has 0 fully saturated rings. The van der Waals surface area contributed by atoms with Gasteiger partial charge in [-0.2, -0.15) is 0 Å². The second-order valence-electron chi connectivity index (χ2n) is 8.73. The van der Waals surface area contributed by atoms with E-state index in [1.165, 1.54) is 25.0 Å². The lowest BCUT2D eigenvalue weighted by Crippen LogP contribution is -2.23. The minimum Gasteiger partial charge on any atom is -0.356 e. The maximum Gasteiger partial charge on any atom is 0.216 e. The summed E-state index contributed by atoms with van der Waals surface area (Å²) in [6.45, 7) is 16.3. The molecular formula is C25H41FN4O. The molecule has 1 aromatic carbocycles. The Hall–Kier alpha value is -2.47. The maximum atomic E-state index is 13.3. The lowest BCUT2D eigenvalue weighted by atomic mass is 9.88. The second-order valence-corrected chi connectivity index (χ2v) is 8.73. The fourth-order valence-corrected chi connectivity index (χ4v) is 2.70. The summed E-state index contributed by atoms with van der Waals surface area (Å²) in [7, 11) is 1.90. The fourth-order valence-electron chi connectivity index (χ4n) is 2.70. The molecule has 0 atom stereocenters. The zero-order valence-electron chi connectivity index (χ0n) is 20.5. The van der Waals surface area contributed by atoms with E-state index in [9.17, 15) is 9.18 Å². The van der Waals surface area contributed by atoms with Gasteiger partial charge in [-0.3, -0.25) is 4.79 Å². The van der Waals surface area contributed by atoms with Crippen LogP contribution in [0.25, 0.3) is 11.4 Å². The van der Waals surface area contributed by atoms with Gasteiger partial charge in [0.2, 0.25) is 5.91 Å². The molecule has 174 valence electrons. The van der Waals surface area contributed by atoms with Crippen LogP contribution in [0.4, 0.5) is 4.39 Å². The topological polar surface area (TPSA) is 69.8 Å². The van der Waals surface area contributed by atoms with Crippen molar-refractivity contribution >= 4 is 5.91 Å². The van der Waals surface area contributed by atoms with E-state index >= 15 is 0 Å². The van der Waals surface area contributed by atoms with Gasteiger partial charge in [0.1, 0.15) is 11.6 Å². The van der Waals surface area contributed by atoms with E-state index in [0.29, 0.717) is 16.8 Å². The predicted molar refractivity (Wildman–Crippen MR) is 129 cm³/mol. The van der Waals surface area contributed by atoms with E-state index in [1.807, 2.05) is 14.0 Å². The number of nitrogens with one attached hydrogen (secondary N) is 3. The van der Waals surface area contributed by atoms with Gasteiger partial charge in [-0.25, -0.2) is 9.37 Å². The van der Waals surface area contributed by atoms with Crippen molar-refractivity contribution in [2.75, 3.05) is 20.1 Å². The number of amides is 1. The zero-order valence-corrected chi connectivity index (χ0v) is 20.5. The number of aryl methyl sites for hydroxylation is 1. The zero-order chi connectivity index (χ0) is 23.9. The van der Waals surface area contributed by atoms with E-state index in [2.05, 4.69) is 61.3 Å². The van der Waals surface area contributed by atoms with Crippen LogP contribution in [0.2, 0.25) is 0 Å². The minimum atomic E-state index is -0.249. The summed E-state index contributed by atoms with van der Waals surface area (Å²) in [5.74, 6) is 0.368. The van der Waals surface area contributed by atoms with Gasteiger partial charge in [0.05, 0.1) is 5.56 Å². The number of carbonyl (C=O) groups is 1. The molecule has 1 amide bonds. The molecule has 0 bridgehead atoms. The summed E-state index contributed by atoms with van der Waals surface area (Å²) >= 11 is 0. The monoisotopic (exact) mass is 432 g/mol. The highest BCUT2D eigenvalue weighted by molar-refractivity contribution is 5.72.